The number of ether oxygens (including phenoxy) is 1. The molecule has 2 heterocycles. The van der Waals surface area contributed by atoms with Gasteiger partial charge in [-0.05, 0) is 32.4 Å². The van der Waals surface area contributed by atoms with Gasteiger partial charge in [-0.2, -0.15) is 13.2 Å². The van der Waals surface area contributed by atoms with E-state index in [0.717, 1.165) is 0 Å². The van der Waals surface area contributed by atoms with Crippen molar-refractivity contribution in [2.24, 2.45) is 0 Å². The fourth-order valence-corrected chi connectivity index (χ4v) is 2.95. The molecule has 0 N–H and O–H groups in total. The monoisotopic (exact) mass is 400 g/mol. The molecule has 1 aromatic rings. The second kappa shape index (κ2) is 8.17. The number of nitrogens with zero attached hydrogens (tertiary/aromatic N) is 2. The van der Waals surface area contributed by atoms with Crippen LogP contribution >= 0.6 is 11.6 Å². The summed E-state index contributed by atoms with van der Waals surface area (Å²) in [6.45, 7) is 7.83. The van der Waals surface area contributed by atoms with Gasteiger partial charge in [0.2, 0.25) is 5.88 Å². The first kappa shape index (κ1) is 21.0. The molecular weight excluding hydrogens is 381 g/mol. The van der Waals surface area contributed by atoms with Gasteiger partial charge in [0.05, 0.1) is 6.04 Å². The maximum absolute atomic E-state index is 12.7. The first-order chi connectivity index (χ1) is 12.5. The van der Waals surface area contributed by atoms with Crippen molar-refractivity contribution < 1.29 is 22.7 Å². The van der Waals surface area contributed by atoms with Crippen LogP contribution in [0.4, 0.5) is 13.2 Å². The summed E-state index contributed by atoms with van der Waals surface area (Å²) in [4.78, 5) is 18.3. The van der Waals surface area contributed by atoms with E-state index in [9.17, 15) is 18.0 Å². The SMILES string of the molecule is C=C(Cl)C1=C(/C=C\C)C(=O)N(C(C)c2cnc(OCC(F)(F)F)c(C)c2)C1. The Hall–Kier alpha value is -2.28. The predicted octanol–water partition coefficient (Wildman–Crippen LogP) is 4.86. The summed E-state index contributed by atoms with van der Waals surface area (Å²) in [5, 5.41) is 0.302. The van der Waals surface area contributed by atoms with Crippen LogP contribution in [-0.4, -0.2) is 35.1 Å². The lowest BCUT2D eigenvalue weighted by molar-refractivity contribution is -0.154. The zero-order chi connectivity index (χ0) is 20.4. The number of hydrogen-bond acceptors (Lipinski definition) is 3. The maximum Gasteiger partial charge on any atom is 0.422 e. The van der Waals surface area contributed by atoms with Crippen LogP contribution in [0.15, 0.2) is 47.2 Å². The van der Waals surface area contributed by atoms with Gasteiger partial charge in [0.25, 0.3) is 5.91 Å². The van der Waals surface area contributed by atoms with Crippen molar-refractivity contribution in [3.63, 3.8) is 0 Å². The summed E-state index contributed by atoms with van der Waals surface area (Å²) in [6.07, 6.45) is 0.423. The molecule has 0 spiro atoms. The van der Waals surface area contributed by atoms with Crippen LogP contribution < -0.4 is 4.74 Å². The number of carbonyl (C=O) groups is 1. The number of hydrogen-bond donors (Lipinski definition) is 0. The summed E-state index contributed by atoms with van der Waals surface area (Å²) >= 11 is 6.03. The van der Waals surface area contributed by atoms with E-state index in [2.05, 4.69) is 11.6 Å². The van der Waals surface area contributed by atoms with Crippen molar-refractivity contribution in [2.75, 3.05) is 13.2 Å². The van der Waals surface area contributed by atoms with Gasteiger partial charge in [0, 0.05) is 34.5 Å². The number of halogens is 4. The lowest BCUT2D eigenvalue weighted by Gasteiger charge is -2.26. The van der Waals surface area contributed by atoms with Gasteiger partial charge in [-0.15, -0.1) is 0 Å². The third-order valence-corrected chi connectivity index (χ3v) is 4.41. The quantitative estimate of drug-likeness (QED) is 0.684. The lowest BCUT2D eigenvalue weighted by atomic mass is 10.1. The second-order valence-electron chi connectivity index (χ2n) is 6.20. The highest BCUT2D eigenvalue weighted by Crippen LogP contribution is 2.34. The van der Waals surface area contributed by atoms with E-state index in [1.54, 1.807) is 37.0 Å². The lowest BCUT2D eigenvalue weighted by Crippen LogP contribution is -2.30. The molecule has 1 aliphatic rings. The fraction of sp³-hybridized carbons (Fsp3) is 0.368. The molecule has 0 saturated carbocycles. The molecule has 1 unspecified atom stereocenters. The molecule has 4 nitrogen and oxygen atoms in total. The topological polar surface area (TPSA) is 42.4 Å². The van der Waals surface area contributed by atoms with Gasteiger partial charge < -0.3 is 9.64 Å². The molecule has 2 rings (SSSR count). The van der Waals surface area contributed by atoms with E-state index in [-0.39, 0.29) is 17.8 Å². The molecule has 0 fully saturated rings. The van der Waals surface area contributed by atoms with Crippen LogP contribution in [-0.2, 0) is 4.79 Å². The molecule has 1 aliphatic heterocycles. The predicted molar refractivity (Wildman–Crippen MR) is 97.5 cm³/mol. The number of pyridine rings is 1. The van der Waals surface area contributed by atoms with Gasteiger partial charge >= 0.3 is 6.18 Å². The Bertz CT molecular complexity index is 816. The van der Waals surface area contributed by atoms with Gasteiger partial charge in [-0.3, -0.25) is 4.79 Å². The summed E-state index contributed by atoms with van der Waals surface area (Å²) in [6, 6.07) is 1.31. The fourth-order valence-electron chi connectivity index (χ4n) is 2.79. The maximum atomic E-state index is 12.7. The normalized spacial score (nSPS) is 16.4. The molecule has 1 amide bonds. The zero-order valence-corrected chi connectivity index (χ0v) is 16.0. The Labute approximate surface area is 161 Å². The summed E-state index contributed by atoms with van der Waals surface area (Å²) in [5.74, 6) is -0.272. The van der Waals surface area contributed by atoms with E-state index >= 15 is 0 Å². The molecule has 0 bridgehead atoms. The third kappa shape index (κ3) is 4.91. The summed E-state index contributed by atoms with van der Waals surface area (Å²) in [7, 11) is 0. The van der Waals surface area contributed by atoms with Crippen molar-refractivity contribution in [1.82, 2.24) is 9.88 Å². The van der Waals surface area contributed by atoms with Crippen molar-refractivity contribution in [2.45, 2.75) is 33.0 Å². The first-order valence-corrected chi connectivity index (χ1v) is 8.60. The minimum Gasteiger partial charge on any atom is -0.468 e. The highest BCUT2D eigenvalue weighted by Gasteiger charge is 2.33. The Kier molecular flexibility index (Phi) is 6.36. The van der Waals surface area contributed by atoms with Crippen LogP contribution in [0.2, 0.25) is 0 Å². The molecule has 27 heavy (non-hydrogen) atoms. The van der Waals surface area contributed by atoms with E-state index in [4.69, 9.17) is 16.3 Å². The largest absolute Gasteiger partial charge is 0.468 e. The number of amides is 1. The number of rotatable bonds is 6. The van der Waals surface area contributed by atoms with Crippen LogP contribution in [0.1, 0.15) is 31.0 Å². The van der Waals surface area contributed by atoms with Crippen LogP contribution in [0.3, 0.4) is 0 Å². The van der Waals surface area contributed by atoms with Crippen LogP contribution in [0.25, 0.3) is 0 Å². The Morgan fingerprint density at radius 1 is 1.52 bits per heavy atom. The minimum atomic E-state index is -4.43. The van der Waals surface area contributed by atoms with E-state index in [0.29, 0.717) is 33.9 Å². The average molecular weight is 401 g/mol. The molecule has 0 radical (unpaired) electrons. The van der Waals surface area contributed by atoms with Crippen molar-refractivity contribution >= 4 is 17.5 Å². The molecule has 8 heteroatoms. The Balaban J connectivity index is 2.21. The number of allylic oxidation sites excluding steroid dienone is 1. The zero-order valence-electron chi connectivity index (χ0n) is 15.2. The van der Waals surface area contributed by atoms with Crippen LogP contribution in [0, 0.1) is 6.92 Å². The number of alkyl halides is 3. The summed E-state index contributed by atoms with van der Waals surface area (Å²) in [5.41, 5.74) is 2.28. The second-order valence-corrected chi connectivity index (χ2v) is 6.66. The van der Waals surface area contributed by atoms with Gasteiger partial charge in [-0.25, -0.2) is 4.98 Å². The van der Waals surface area contributed by atoms with Gasteiger partial charge in [-0.1, -0.05) is 30.3 Å². The van der Waals surface area contributed by atoms with Crippen molar-refractivity contribution in [3.05, 3.63) is 58.3 Å². The van der Waals surface area contributed by atoms with E-state index < -0.39 is 12.8 Å². The number of aromatic nitrogens is 1. The van der Waals surface area contributed by atoms with Crippen molar-refractivity contribution in [3.8, 4) is 5.88 Å². The van der Waals surface area contributed by atoms with Crippen molar-refractivity contribution in [1.29, 1.82) is 0 Å². The Morgan fingerprint density at radius 2 is 2.19 bits per heavy atom. The standard InChI is InChI=1S/C19H20ClF3N2O2/c1-5-6-15-16(12(3)20)9-25(18(15)26)13(4)14-7-11(2)17(24-8-14)27-10-19(21,22)23/h5-8,13H,3,9-10H2,1-2,4H3/b6-5-. The highest BCUT2D eigenvalue weighted by molar-refractivity contribution is 6.32. The first-order valence-electron chi connectivity index (χ1n) is 8.22. The average Bonchev–Trinajstić information content (AvgIpc) is 2.90. The molecule has 0 aromatic carbocycles. The molecule has 1 atom stereocenters. The molecule has 0 aliphatic carbocycles. The molecular formula is C19H20ClF3N2O2. The Morgan fingerprint density at radius 3 is 2.70 bits per heavy atom. The minimum absolute atomic E-state index is 0.0846. The summed E-state index contributed by atoms with van der Waals surface area (Å²) < 4.78 is 41.6. The smallest absolute Gasteiger partial charge is 0.422 e. The molecule has 146 valence electrons. The van der Waals surface area contributed by atoms with E-state index in [1.165, 1.54) is 6.20 Å². The van der Waals surface area contributed by atoms with Gasteiger partial charge in [0.1, 0.15) is 0 Å². The number of aryl methyl sites for hydroxylation is 1. The number of carbonyl (C=O) groups excluding carboxylic acids is 1. The van der Waals surface area contributed by atoms with E-state index in [1.807, 2.05) is 6.92 Å². The third-order valence-electron chi connectivity index (χ3n) is 4.18. The highest BCUT2D eigenvalue weighted by atomic mass is 35.5. The molecule has 1 aromatic heterocycles. The van der Waals surface area contributed by atoms with Crippen LogP contribution in [0.5, 0.6) is 5.88 Å². The van der Waals surface area contributed by atoms with Gasteiger partial charge in [0.15, 0.2) is 6.61 Å². The molecule has 0 saturated heterocycles.